The highest BCUT2D eigenvalue weighted by Gasteiger charge is 2.09. The molecule has 0 spiro atoms. The van der Waals surface area contributed by atoms with Gasteiger partial charge in [-0.2, -0.15) is 0 Å². The summed E-state index contributed by atoms with van der Waals surface area (Å²) in [6.07, 6.45) is 1.51. The molecule has 1 aromatic rings. The van der Waals surface area contributed by atoms with Crippen LogP contribution in [0.2, 0.25) is 0 Å². The fraction of sp³-hybridized carbons (Fsp3) is 0.500. The Morgan fingerprint density at radius 2 is 2.38 bits per heavy atom. The molecular weight excluding hydrogens is 170 g/mol. The number of rotatable bonds is 3. The lowest BCUT2D eigenvalue weighted by molar-refractivity contribution is 0.265. The van der Waals surface area contributed by atoms with Gasteiger partial charge in [0.2, 0.25) is 5.88 Å². The van der Waals surface area contributed by atoms with Crippen molar-refractivity contribution in [3.05, 3.63) is 17.6 Å². The molecule has 5 nitrogen and oxygen atoms in total. The molecule has 5 heteroatoms. The van der Waals surface area contributed by atoms with E-state index in [1.165, 1.54) is 13.3 Å². The van der Waals surface area contributed by atoms with E-state index in [4.69, 9.17) is 15.6 Å². The summed E-state index contributed by atoms with van der Waals surface area (Å²) in [7, 11) is 1.53. The second kappa shape index (κ2) is 4.15. The maximum atomic E-state index is 8.78. The number of methoxy groups -OCH3 is 1. The lowest BCUT2D eigenvalue weighted by atomic mass is 10.2. The Hall–Kier alpha value is -1.20. The Balaban J connectivity index is 2.95. The van der Waals surface area contributed by atoms with Gasteiger partial charge in [0.05, 0.1) is 37.3 Å². The number of hydrogen-bond donors (Lipinski definition) is 2. The van der Waals surface area contributed by atoms with E-state index in [1.807, 2.05) is 0 Å². The van der Waals surface area contributed by atoms with Gasteiger partial charge in [-0.25, -0.2) is 9.97 Å². The molecule has 1 aromatic heterocycles. The maximum Gasteiger partial charge on any atom is 0.235 e. The summed E-state index contributed by atoms with van der Waals surface area (Å²) in [6.45, 7) is 1.64. The predicted molar refractivity (Wildman–Crippen MR) is 47.3 cm³/mol. The van der Waals surface area contributed by atoms with Crippen LogP contribution in [-0.4, -0.2) is 28.8 Å². The van der Waals surface area contributed by atoms with Crippen LogP contribution in [0.25, 0.3) is 0 Å². The molecule has 0 aliphatic rings. The molecule has 0 fully saturated rings. The third-order valence-electron chi connectivity index (χ3n) is 1.69. The highest BCUT2D eigenvalue weighted by atomic mass is 16.5. The molecule has 72 valence electrons. The first-order valence-corrected chi connectivity index (χ1v) is 3.93. The largest absolute Gasteiger partial charge is 0.480 e. The second-order valence-corrected chi connectivity index (χ2v) is 2.68. The standard InChI is InChI=1S/C8H13N3O2/c1-5-8(13-2)10-3-7(11-5)6(9)4-12/h3,6,12H,4,9H2,1-2H3. The first kappa shape index (κ1) is 9.88. The van der Waals surface area contributed by atoms with Gasteiger partial charge in [0, 0.05) is 0 Å². The molecule has 0 aliphatic carbocycles. The van der Waals surface area contributed by atoms with Crippen molar-refractivity contribution < 1.29 is 9.84 Å². The van der Waals surface area contributed by atoms with Crippen LogP contribution in [0.15, 0.2) is 6.20 Å². The summed E-state index contributed by atoms with van der Waals surface area (Å²) < 4.78 is 4.94. The summed E-state index contributed by atoms with van der Waals surface area (Å²) in [5.41, 5.74) is 6.80. The van der Waals surface area contributed by atoms with Gasteiger partial charge in [-0.1, -0.05) is 0 Å². The van der Waals surface area contributed by atoms with Crippen LogP contribution in [0.3, 0.4) is 0 Å². The quantitative estimate of drug-likeness (QED) is 0.677. The Kier molecular flexibility index (Phi) is 3.16. The SMILES string of the molecule is COc1ncc(C(N)CO)nc1C. The minimum Gasteiger partial charge on any atom is -0.480 e. The van der Waals surface area contributed by atoms with Gasteiger partial charge in [0.25, 0.3) is 0 Å². The average Bonchev–Trinajstić information content (AvgIpc) is 2.16. The van der Waals surface area contributed by atoms with Crippen LogP contribution in [-0.2, 0) is 0 Å². The van der Waals surface area contributed by atoms with E-state index in [1.54, 1.807) is 6.92 Å². The van der Waals surface area contributed by atoms with Gasteiger partial charge in [-0.3, -0.25) is 0 Å². The molecule has 1 heterocycles. The third-order valence-corrected chi connectivity index (χ3v) is 1.69. The zero-order valence-corrected chi connectivity index (χ0v) is 7.69. The van der Waals surface area contributed by atoms with Gasteiger partial charge >= 0.3 is 0 Å². The lowest BCUT2D eigenvalue weighted by Crippen LogP contribution is -2.17. The van der Waals surface area contributed by atoms with Crippen LogP contribution in [0.1, 0.15) is 17.4 Å². The van der Waals surface area contributed by atoms with Gasteiger partial charge < -0.3 is 15.6 Å². The molecule has 1 atom stereocenters. The Labute approximate surface area is 76.6 Å². The molecule has 0 amide bonds. The zero-order valence-electron chi connectivity index (χ0n) is 7.69. The highest BCUT2D eigenvalue weighted by Crippen LogP contribution is 2.13. The summed E-state index contributed by atoms with van der Waals surface area (Å²) in [5.74, 6) is 0.480. The maximum absolute atomic E-state index is 8.78. The van der Waals surface area contributed by atoms with Crippen molar-refractivity contribution in [2.75, 3.05) is 13.7 Å². The fourth-order valence-corrected chi connectivity index (χ4v) is 0.961. The van der Waals surface area contributed by atoms with Crippen molar-refractivity contribution in [3.63, 3.8) is 0 Å². The Bertz CT molecular complexity index is 291. The van der Waals surface area contributed by atoms with Gasteiger partial charge in [-0.15, -0.1) is 0 Å². The summed E-state index contributed by atoms with van der Waals surface area (Å²) in [4.78, 5) is 8.13. The topological polar surface area (TPSA) is 81.3 Å². The number of aliphatic hydroxyl groups excluding tert-OH is 1. The van der Waals surface area contributed by atoms with E-state index in [2.05, 4.69) is 9.97 Å². The number of aryl methyl sites for hydroxylation is 1. The van der Waals surface area contributed by atoms with Crippen molar-refractivity contribution >= 4 is 0 Å². The van der Waals surface area contributed by atoms with Gasteiger partial charge in [0.1, 0.15) is 0 Å². The summed E-state index contributed by atoms with van der Waals surface area (Å²) in [5, 5.41) is 8.78. The molecule has 0 saturated heterocycles. The zero-order chi connectivity index (χ0) is 9.84. The lowest BCUT2D eigenvalue weighted by Gasteiger charge is -2.09. The van der Waals surface area contributed by atoms with Crippen molar-refractivity contribution in [1.29, 1.82) is 0 Å². The van der Waals surface area contributed by atoms with Crippen molar-refractivity contribution in [3.8, 4) is 5.88 Å². The monoisotopic (exact) mass is 183 g/mol. The van der Waals surface area contributed by atoms with Gasteiger partial charge in [-0.05, 0) is 6.92 Å². The summed E-state index contributed by atoms with van der Waals surface area (Å²) in [6, 6.07) is -0.475. The molecule has 0 bridgehead atoms. The Morgan fingerprint density at radius 3 is 2.85 bits per heavy atom. The van der Waals surface area contributed by atoms with Gasteiger partial charge in [0.15, 0.2) is 0 Å². The number of aromatic nitrogens is 2. The number of nitrogens with two attached hydrogens (primary N) is 1. The molecule has 3 N–H and O–H groups in total. The minimum absolute atomic E-state index is 0.138. The second-order valence-electron chi connectivity index (χ2n) is 2.68. The van der Waals surface area contributed by atoms with Crippen LogP contribution in [0.5, 0.6) is 5.88 Å². The van der Waals surface area contributed by atoms with E-state index in [0.717, 1.165) is 0 Å². The average molecular weight is 183 g/mol. The number of nitrogens with zero attached hydrogens (tertiary/aromatic N) is 2. The van der Waals surface area contributed by atoms with Crippen LogP contribution in [0.4, 0.5) is 0 Å². The smallest absolute Gasteiger partial charge is 0.235 e. The van der Waals surface area contributed by atoms with Crippen LogP contribution >= 0.6 is 0 Å². The van der Waals surface area contributed by atoms with E-state index >= 15 is 0 Å². The third kappa shape index (κ3) is 2.13. The van der Waals surface area contributed by atoms with Crippen LogP contribution in [0, 0.1) is 6.92 Å². The minimum atomic E-state index is -0.475. The Morgan fingerprint density at radius 1 is 1.69 bits per heavy atom. The van der Waals surface area contributed by atoms with E-state index in [0.29, 0.717) is 17.3 Å². The molecule has 1 unspecified atom stereocenters. The molecule has 1 rings (SSSR count). The van der Waals surface area contributed by atoms with Crippen molar-refractivity contribution in [1.82, 2.24) is 9.97 Å². The molecule has 13 heavy (non-hydrogen) atoms. The molecule has 0 saturated carbocycles. The number of aliphatic hydroxyl groups is 1. The van der Waals surface area contributed by atoms with Crippen molar-refractivity contribution in [2.45, 2.75) is 13.0 Å². The molecule has 0 aliphatic heterocycles. The highest BCUT2D eigenvalue weighted by molar-refractivity contribution is 5.19. The molecule has 0 radical (unpaired) electrons. The van der Waals surface area contributed by atoms with E-state index in [-0.39, 0.29) is 6.61 Å². The van der Waals surface area contributed by atoms with E-state index < -0.39 is 6.04 Å². The number of ether oxygens (including phenoxy) is 1. The molecule has 0 aromatic carbocycles. The van der Waals surface area contributed by atoms with Crippen LogP contribution < -0.4 is 10.5 Å². The fourth-order valence-electron chi connectivity index (χ4n) is 0.961. The normalized spacial score (nSPS) is 12.6. The van der Waals surface area contributed by atoms with E-state index in [9.17, 15) is 0 Å². The van der Waals surface area contributed by atoms with Crippen molar-refractivity contribution in [2.24, 2.45) is 5.73 Å². The predicted octanol–water partition coefficient (Wildman–Crippen LogP) is -0.214. The summed E-state index contributed by atoms with van der Waals surface area (Å²) >= 11 is 0. The first-order chi connectivity index (χ1) is 6.19. The first-order valence-electron chi connectivity index (χ1n) is 3.93. The number of hydrogen-bond acceptors (Lipinski definition) is 5. The molecular formula is C8H13N3O2.